The molecule has 3 aromatic heterocycles. The number of anilines is 1. The highest BCUT2D eigenvalue weighted by Gasteiger charge is 2.10. The lowest BCUT2D eigenvalue weighted by molar-refractivity contribution is 0.330. The molecule has 6 heteroatoms. The van der Waals surface area contributed by atoms with Crippen LogP contribution in [0, 0.1) is 6.92 Å². The van der Waals surface area contributed by atoms with Crippen LogP contribution in [0.2, 0.25) is 0 Å². The summed E-state index contributed by atoms with van der Waals surface area (Å²) < 4.78 is 5.86. The zero-order chi connectivity index (χ0) is 19.9. The van der Waals surface area contributed by atoms with Crippen molar-refractivity contribution in [2.45, 2.75) is 6.92 Å². The Morgan fingerprint density at radius 3 is 2.59 bits per heavy atom. The number of aromatic nitrogens is 4. The molecule has 144 valence electrons. The largest absolute Gasteiger partial charge is 0.491 e. The average Bonchev–Trinajstić information content (AvgIpc) is 2.79. The van der Waals surface area contributed by atoms with Crippen molar-refractivity contribution >= 4 is 5.82 Å². The van der Waals surface area contributed by atoms with Crippen LogP contribution in [0.1, 0.15) is 5.56 Å². The molecule has 0 saturated carbocycles. The normalized spacial score (nSPS) is 10.5. The Morgan fingerprint density at radius 1 is 0.897 bits per heavy atom. The summed E-state index contributed by atoms with van der Waals surface area (Å²) in [6, 6.07) is 19.4. The van der Waals surface area contributed by atoms with Gasteiger partial charge in [-0.15, -0.1) is 0 Å². The van der Waals surface area contributed by atoms with Crippen LogP contribution >= 0.6 is 0 Å². The standard InChI is InChI=1S/C23H21N5O/c1-17-7-2-3-10-21(17)29-14-13-26-22-15-20(18-8-6-11-24-16-18)27-23(28-22)19-9-4-5-12-25-19/h2-12,15-16H,13-14H2,1H3,(H,26,27,28). The van der Waals surface area contributed by atoms with Crippen molar-refractivity contribution in [2.24, 2.45) is 0 Å². The summed E-state index contributed by atoms with van der Waals surface area (Å²) in [7, 11) is 0. The summed E-state index contributed by atoms with van der Waals surface area (Å²) in [5.74, 6) is 2.17. The van der Waals surface area contributed by atoms with Crippen LogP contribution in [0.15, 0.2) is 79.3 Å². The smallest absolute Gasteiger partial charge is 0.180 e. The number of nitrogens with zero attached hydrogens (tertiary/aromatic N) is 4. The summed E-state index contributed by atoms with van der Waals surface area (Å²) in [5.41, 5.74) is 3.55. The molecule has 0 radical (unpaired) electrons. The lowest BCUT2D eigenvalue weighted by atomic mass is 10.2. The van der Waals surface area contributed by atoms with Gasteiger partial charge in [0.05, 0.1) is 12.2 Å². The number of rotatable bonds is 7. The topological polar surface area (TPSA) is 72.8 Å². The Labute approximate surface area is 169 Å². The Balaban J connectivity index is 1.53. The molecule has 0 bridgehead atoms. The molecule has 0 atom stereocenters. The lowest BCUT2D eigenvalue weighted by Crippen LogP contribution is -2.13. The fourth-order valence-electron chi connectivity index (χ4n) is 2.87. The van der Waals surface area contributed by atoms with E-state index < -0.39 is 0 Å². The van der Waals surface area contributed by atoms with Crippen molar-refractivity contribution in [1.82, 2.24) is 19.9 Å². The number of benzene rings is 1. The fourth-order valence-corrected chi connectivity index (χ4v) is 2.87. The molecule has 0 fully saturated rings. The van der Waals surface area contributed by atoms with Crippen LogP contribution in [-0.2, 0) is 0 Å². The van der Waals surface area contributed by atoms with Crippen molar-refractivity contribution in [3.63, 3.8) is 0 Å². The van der Waals surface area contributed by atoms with Crippen LogP contribution in [0.4, 0.5) is 5.82 Å². The van der Waals surface area contributed by atoms with Gasteiger partial charge in [-0.1, -0.05) is 24.3 Å². The highest BCUT2D eigenvalue weighted by atomic mass is 16.5. The Hall–Kier alpha value is -3.80. The zero-order valence-corrected chi connectivity index (χ0v) is 16.1. The van der Waals surface area contributed by atoms with E-state index in [0.717, 1.165) is 28.3 Å². The van der Waals surface area contributed by atoms with Crippen LogP contribution in [0.5, 0.6) is 5.75 Å². The van der Waals surface area contributed by atoms with E-state index in [4.69, 9.17) is 4.74 Å². The van der Waals surface area contributed by atoms with Gasteiger partial charge in [-0.3, -0.25) is 9.97 Å². The summed E-state index contributed by atoms with van der Waals surface area (Å²) >= 11 is 0. The van der Waals surface area contributed by atoms with Gasteiger partial charge in [0.15, 0.2) is 5.82 Å². The van der Waals surface area contributed by atoms with E-state index in [1.54, 1.807) is 18.6 Å². The first kappa shape index (κ1) is 18.6. The highest BCUT2D eigenvalue weighted by Crippen LogP contribution is 2.23. The van der Waals surface area contributed by atoms with Crippen LogP contribution in [0.25, 0.3) is 22.8 Å². The predicted molar refractivity (Wildman–Crippen MR) is 114 cm³/mol. The van der Waals surface area contributed by atoms with Gasteiger partial charge in [0.25, 0.3) is 0 Å². The predicted octanol–water partition coefficient (Wildman–Crippen LogP) is 4.40. The molecule has 3 heterocycles. The van der Waals surface area contributed by atoms with Crippen LogP contribution in [0.3, 0.4) is 0 Å². The monoisotopic (exact) mass is 383 g/mol. The Morgan fingerprint density at radius 2 is 1.79 bits per heavy atom. The average molecular weight is 383 g/mol. The summed E-state index contributed by atoms with van der Waals surface area (Å²) in [5, 5.41) is 3.33. The maximum absolute atomic E-state index is 5.86. The van der Waals surface area contributed by atoms with E-state index in [1.165, 1.54) is 0 Å². The molecule has 0 saturated heterocycles. The molecule has 0 aliphatic heterocycles. The van der Waals surface area contributed by atoms with Gasteiger partial charge in [-0.25, -0.2) is 9.97 Å². The van der Waals surface area contributed by atoms with Crippen LogP contribution in [-0.4, -0.2) is 33.1 Å². The third-order valence-electron chi connectivity index (χ3n) is 4.34. The van der Waals surface area contributed by atoms with E-state index in [2.05, 4.69) is 25.3 Å². The first-order valence-corrected chi connectivity index (χ1v) is 9.43. The van der Waals surface area contributed by atoms with Crippen LogP contribution < -0.4 is 10.1 Å². The number of hydrogen-bond acceptors (Lipinski definition) is 6. The molecule has 0 aliphatic rings. The quantitative estimate of drug-likeness (QED) is 0.477. The second-order valence-electron chi connectivity index (χ2n) is 6.46. The Bertz CT molecular complexity index is 1010. The van der Waals surface area contributed by atoms with E-state index >= 15 is 0 Å². The van der Waals surface area contributed by atoms with Crippen molar-refractivity contribution in [1.29, 1.82) is 0 Å². The van der Waals surface area contributed by atoms with Crippen molar-refractivity contribution < 1.29 is 4.74 Å². The molecular weight excluding hydrogens is 362 g/mol. The van der Waals surface area contributed by atoms with E-state index in [9.17, 15) is 0 Å². The maximum atomic E-state index is 5.86. The summed E-state index contributed by atoms with van der Waals surface area (Å²) in [6.07, 6.45) is 5.26. The van der Waals surface area contributed by atoms with Gasteiger partial charge < -0.3 is 10.1 Å². The highest BCUT2D eigenvalue weighted by molar-refractivity contribution is 5.65. The van der Waals surface area contributed by atoms with Crippen molar-refractivity contribution in [2.75, 3.05) is 18.5 Å². The van der Waals surface area contributed by atoms with Gasteiger partial charge in [-0.05, 0) is 42.8 Å². The minimum Gasteiger partial charge on any atom is -0.491 e. The number of aryl methyl sites for hydroxylation is 1. The second-order valence-corrected chi connectivity index (χ2v) is 6.46. The summed E-state index contributed by atoms with van der Waals surface area (Å²) in [6.45, 7) is 3.17. The molecule has 1 aromatic carbocycles. The molecule has 0 spiro atoms. The van der Waals surface area contributed by atoms with Gasteiger partial charge in [-0.2, -0.15) is 0 Å². The van der Waals surface area contributed by atoms with Gasteiger partial charge in [0.1, 0.15) is 23.9 Å². The van der Waals surface area contributed by atoms with Gasteiger partial charge in [0.2, 0.25) is 0 Å². The number of ether oxygens (including phenoxy) is 1. The molecular formula is C23H21N5O. The summed E-state index contributed by atoms with van der Waals surface area (Å²) in [4.78, 5) is 17.9. The lowest BCUT2D eigenvalue weighted by Gasteiger charge is -2.12. The number of pyridine rings is 2. The minimum absolute atomic E-state index is 0.524. The first-order chi connectivity index (χ1) is 14.3. The minimum atomic E-state index is 0.524. The molecule has 29 heavy (non-hydrogen) atoms. The van der Waals surface area contributed by atoms with E-state index in [0.29, 0.717) is 24.8 Å². The molecule has 6 nitrogen and oxygen atoms in total. The van der Waals surface area contributed by atoms with Gasteiger partial charge in [0, 0.05) is 30.2 Å². The van der Waals surface area contributed by atoms with Crippen molar-refractivity contribution in [3.05, 3.63) is 84.8 Å². The van der Waals surface area contributed by atoms with Crippen molar-refractivity contribution in [3.8, 4) is 28.5 Å². The number of nitrogens with one attached hydrogen (secondary N) is 1. The second kappa shape index (κ2) is 8.93. The zero-order valence-electron chi connectivity index (χ0n) is 16.1. The van der Waals surface area contributed by atoms with E-state index in [1.807, 2.05) is 67.6 Å². The molecule has 4 aromatic rings. The molecule has 0 amide bonds. The van der Waals surface area contributed by atoms with E-state index in [-0.39, 0.29) is 0 Å². The molecule has 4 rings (SSSR count). The number of para-hydroxylation sites is 1. The third kappa shape index (κ3) is 4.73. The third-order valence-corrected chi connectivity index (χ3v) is 4.34. The SMILES string of the molecule is Cc1ccccc1OCCNc1cc(-c2cccnc2)nc(-c2ccccn2)n1. The Kier molecular flexibility index (Phi) is 5.71. The molecule has 1 N–H and O–H groups in total. The van der Waals surface area contributed by atoms with Gasteiger partial charge >= 0.3 is 0 Å². The maximum Gasteiger partial charge on any atom is 0.180 e. The first-order valence-electron chi connectivity index (χ1n) is 9.43. The molecule has 0 aliphatic carbocycles. The molecule has 0 unspecified atom stereocenters. The fraction of sp³-hybridized carbons (Fsp3) is 0.130. The number of hydrogen-bond donors (Lipinski definition) is 1.